The molecule has 0 aliphatic heterocycles. The molecule has 2 aromatic carbocycles. The van der Waals surface area contributed by atoms with E-state index in [1.165, 1.54) is 38.1 Å². The van der Waals surface area contributed by atoms with Gasteiger partial charge in [0.05, 0.1) is 0 Å². The summed E-state index contributed by atoms with van der Waals surface area (Å²) in [4.78, 5) is 0. The summed E-state index contributed by atoms with van der Waals surface area (Å²) in [6.07, 6.45) is -1.48. The van der Waals surface area contributed by atoms with Crippen LogP contribution in [0.1, 0.15) is 41.7 Å². The number of aryl methyl sites for hydroxylation is 4. The zero-order chi connectivity index (χ0) is 18.7. The molecular formula is C20H23F4P. The smallest absolute Gasteiger partial charge is 0.224 e. The van der Waals surface area contributed by atoms with Crippen LogP contribution in [0.15, 0.2) is 42.5 Å². The molecule has 136 valence electrons. The van der Waals surface area contributed by atoms with Crippen molar-refractivity contribution in [2.45, 2.75) is 51.1 Å². The van der Waals surface area contributed by atoms with Crippen LogP contribution in [-0.4, -0.2) is 6.18 Å². The van der Waals surface area contributed by atoms with Gasteiger partial charge in [0.15, 0.2) is 0 Å². The van der Waals surface area contributed by atoms with Crippen molar-refractivity contribution in [3.63, 3.8) is 0 Å². The van der Waals surface area contributed by atoms with Gasteiger partial charge in [-0.2, -0.15) is 13.2 Å². The Balaban J connectivity index is 2.10. The summed E-state index contributed by atoms with van der Waals surface area (Å²) < 4.78 is 52.1. The highest BCUT2D eigenvalue weighted by Crippen LogP contribution is 2.47. The molecule has 0 fully saturated rings. The maximum absolute atomic E-state index is 13.9. The van der Waals surface area contributed by atoms with E-state index >= 15 is 0 Å². The van der Waals surface area contributed by atoms with E-state index in [0.717, 1.165) is 24.8 Å². The first-order valence-electron chi connectivity index (χ1n) is 8.43. The third-order valence-corrected chi connectivity index (χ3v) is 5.19. The fraction of sp³-hybridized carbons (Fsp3) is 0.400. The molecule has 25 heavy (non-hydrogen) atoms. The summed E-state index contributed by atoms with van der Waals surface area (Å²) in [7, 11) is 1.27. The number of alkyl halides is 4. The molecule has 0 bridgehead atoms. The lowest BCUT2D eigenvalue weighted by Gasteiger charge is -2.23. The van der Waals surface area contributed by atoms with Crippen molar-refractivity contribution in [3.05, 3.63) is 70.3 Å². The van der Waals surface area contributed by atoms with Crippen molar-refractivity contribution in [2.75, 3.05) is 0 Å². The van der Waals surface area contributed by atoms with Gasteiger partial charge in [0.1, 0.15) is 0 Å². The lowest BCUT2D eigenvalue weighted by Crippen LogP contribution is -2.31. The van der Waals surface area contributed by atoms with Gasteiger partial charge in [-0.05, 0) is 47.9 Å². The molecule has 2 unspecified atom stereocenters. The van der Waals surface area contributed by atoms with Crippen molar-refractivity contribution in [1.82, 2.24) is 0 Å². The average molecular weight is 370 g/mol. The van der Waals surface area contributed by atoms with Crippen molar-refractivity contribution in [3.8, 4) is 0 Å². The Hall–Kier alpha value is -1.41. The molecule has 0 saturated heterocycles. The zero-order valence-corrected chi connectivity index (χ0v) is 15.6. The standard InChI is InChI=1S/C20H23F4P/c1-3-14-5-9-17(16(4-2)13-14)10-6-15-7-11-18(12-8-15)19(21,25)20(22,23)24/h5,7-9,11-13H,3-4,6,10,25H2,1-2H3. The SMILES string of the molecule is CCc1ccc(CCc2ccc(C(F)(P)C(F)(F)F)cc2)c(CC)c1. The first-order valence-corrected chi connectivity index (χ1v) is 9.01. The fourth-order valence-corrected chi connectivity index (χ4v) is 3.02. The van der Waals surface area contributed by atoms with Gasteiger partial charge in [-0.3, -0.25) is 0 Å². The zero-order valence-electron chi connectivity index (χ0n) is 14.5. The Morgan fingerprint density at radius 3 is 1.88 bits per heavy atom. The van der Waals surface area contributed by atoms with E-state index in [0.29, 0.717) is 6.42 Å². The fourth-order valence-electron chi connectivity index (χ4n) is 2.83. The van der Waals surface area contributed by atoms with Crippen molar-refractivity contribution < 1.29 is 17.6 Å². The van der Waals surface area contributed by atoms with E-state index in [2.05, 4.69) is 32.0 Å². The molecule has 0 N–H and O–H groups in total. The van der Waals surface area contributed by atoms with Crippen LogP contribution >= 0.6 is 9.24 Å². The molecule has 0 aliphatic carbocycles. The summed E-state index contributed by atoms with van der Waals surface area (Å²) in [5.74, 6) is 0. The van der Waals surface area contributed by atoms with E-state index in [9.17, 15) is 17.6 Å². The van der Waals surface area contributed by atoms with Crippen LogP contribution in [0.3, 0.4) is 0 Å². The molecule has 0 amide bonds. The van der Waals surface area contributed by atoms with Crippen LogP contribution < -0.4 is 0 Å². The Kier molecular flexibility index (Phi) is 6.26. The third-order valence-electron chi connectivity index (χ3n) is 4.53. The van der Waals surface area contributed by atoms with Gasteiger partial charge in [0, 0.05) is 5.56 Å². The van der Waals surface area contributed by atoms with Crippen LogP contribution in [0.4, 0.5) is 17.6 Å². The molecular weight excluding hydrogens is 347 g/mol. The molecule has 0 aromatic heterocycles. The molecule has 2 atom stereocenters. The molecule has 2 aromatic rings. The van der Waals surface area contributed by atoms with Crippen LogP contribution in [0.2, 0.25) is 0 Å². The monoisotopic (exact) mass is 370 g/mol. The molecule has 0 saturated carbocycles. The van der Waals surface area contributed by atoms with Gasteiger partial charge < -0.3 is 0 Å². The minimum Gasteiger partial charge on any atom is -0.224 e. The molecule has 5 heteroatoms. The minimum atomic E-state index is -4.95. The first kappa shape index (κ1) is 19.9. The Labute approximate surface area is 148 Å². The van der Waals surface area contributed by atoms with E-state index < -0.39 is 17.1 Å². The summed E-state index contributed by atoms with van der Waals surface area (Å²) in [5.41, 5.74) is 4.37. The quantitative estimate of drug-likeness (QED) is 0.422. The predicted octanol–water partition coefficient (Wildman–Crippen LogP) is 6.16. The lowest BCUT2D eigenvalue weighted by atomic mass is 9.95. The molecule has 0 heterocycles. The highest BCUT2D eigenvalue weighted by molar-refractivity contribution is 7.18. The summed E-state index contributed by atoms with van der Waals surface area (Å²) in [6, 6.07) is 12.1. The van der Waals surface area contributed by atoms with Gasteiger partial charge >= 0.3 is 6.18 Å². The van der Waals surface area contributed by atoms with E-state index in [4.69, 9.17) is 0 Å². The summed E-state index contributed by atoms with van der Waals surface area (Å²) in [5, 5.41) is -3.41. The Morgan fingerprint density at radius 1 is 0.760 bits per heavy atom. The Bertz CT molecular complexity index is 703. The molecule has 2 rings (SSSR count). The topological polar surface area (TPSA) is 0 Å². The normalized spacial score (nSPS) is 14.4. The predicted molar refractivity (Wildman–Crippen MR) is 97.6 cm³/mol. The number of hydrogen-bond acceptors (Lipinski definition) is 0. The number of rotatable bonds is 6. The Morgan fingerprint density at radius 2 is 1.36 bits per heavy atom. The highest BCUT2D eigenvalue weighted by Gasteiger charge is 2.53. The maximum atomic E-state index is 13.9. The van der Waals surface area contributed by atoms with Gasteiger partial charge in [-0.1, -0.05) is 65.6 Å². The molecule has 0 spiro atoms. The van der Waals surface area contributed by atoms with Crippen LogP contribution in [-0.2, 0) is 31.1 Å². The van der Waals surface area contributed by atoms with Crippen LogP contribution in [0.25, 0.3) is 0 Å². The number of benzene rings is 2. The lowest BCUT2D eigenvalue weighted by molar-refractivity contribution is -0.199. The van der Waals surface area contributed by atoms with Crippen LogP contribution in [0, 0.1) is 0 Å². The average Bonchev–Trinajstić information content (AvgIpc) is 2.59. The first-order chi connectivity index (χ1) is 11.7. The van der Waals surface area contributed by atoms with Crippen molar-refractivity contribution >= 4 is 9.24 Å². The number of halogens is 4. The second kappa shape index (κ2) is 7.86. The minimum absolute atomic E-state index is 0.393. The summed E-state index contributed by atoms with van der Waals surface area (Å²) >= 11 is 0. The van der Waals surface area contributed by atoms with Gasteiger partial charge in [-0.25, -0.2) is 4.39 Å². The van der Waals surface area contributed by atoms with Crippen LogP contribution in [0.5, 0.6) is 0 Å². The van der Waals surface area contributed by atoms with Gasteiger partial charge in [0.25, 0.3) is 0 Å². The highest BCUT2D eigenvalue weighted by atomic mass is 31.0. The second-order valence-electron chi connectivity index (χ2n) is 6.22. The molecule has 0 radical (unpaired) electrons. The van der Waals surface area contributed by atoms with E-state index in [1.54, 1.807) is 12.1 Å². The van der Waals surface area contributed by atoms with E-state index in [1.807, 2.05) is 0 Å². The third kappa shape index (κ3) is 4.61. The second-order valence-corrected chi connectivity index (χ2v) is 7.01. The van der Waals surface area contributed by atoms with Crippen molar-refractivity contribution in [1.29, 1.82) is 0 Å². The largest absolute Gasteiger partial charge is 0.430 e. The van der Waals surface area contributed by atoms with Gasteiger partial charge in [-0.15, -0.1) is 0 Å². The molecule has 0 aliphatic rings. The van der Waals surface area contributed by atoms with Crippen molar-refractivity contribution in [2.24, 2.45) is 0 Å². The maximum Gasteiger partial charge on any atom is 0.430 e. The molecule has 0 nitrogen and oxygen atoms in total. The number of hydrogen-bond donors (Lipinski definition) is 0. The summed E-state index contributed by atoms with van der Waals surface area (Å²) in [6.45, 7) is 4.23. The van der Waals surface area contributed by atoms with E-state index in [-0.39, 0.29) is 0 Å². The van der Waals surface area contributed by atoms with Gasteiger partial charge in [0.2, 0.25) is 5.41 Å².